The number of anilines is 1. The molecule has 2 aromatic carbocycles. The van der Waals surface area contributed by atoms with Crippen LogP contribution in [0.1, 0.15) is 21.6 Å². The first-order chi connectivity index (χ1) is 15.4. The summed E-state index contributed by atoms with van der Waals surface area (Å²) in [7, 11) is 0. The Kier molecular flexibility index (Phi) is 5.36. The molecule has 3 N–H and O–H groups in total. The van der Waals surface area contributed by atoms with Crippen molar-refractivity contribution in [2.24, 2.45) is 5.10 Å². The first-order valence-corrected chi connectivity index (χ1v) is 9.13. The molecule has 0 atom stereocenters. The molecule has 0 aliphatic heterocycles. The zero-order valence-corrected chi connectivity index (χ0v) is 16.5. The molecule has 13 heteroatoms. The van der Waals surface area contributed by atoms with Crippen molar-refractivity contribution in [3.05, 3.63) is 75.5 Å². The van der Waals surface area contributed by atoms with Crippen LogP contribution in [0, 0.1) is 17.0 Å². The standard InChI is InChI=1S/C19H15N9O4/c1-11-5-7-13(8-6-11)16-15(22-26-27(16)18-17(20)24-32-25-18)19(29)23-21-10-12-3-2-4-14(9-12)28(30)31/h2-10H,1H3,(H2,20,24)(H,23,29). The number of amides is 1. The van der Waals surface area contributed by atoms with Gasteiger partial charge in [0.05, 0.1) is 11.1 Å². The summed E-state index contributed by atoms with van der Waals surface area (Å²) >= 11 is 0. The maximum absolute atomic E-state index is 12.8. The number of aryl methyl sites for hydroxylation is 1. The third kappa shape index (κ3) is 4.02. The fourth-order valence-electron chi connectivity index (χ4n) is 2.83. The second kappa shape index (κ2) is 8.43. The van der Waals surface area contributed by atoms with Crippen LogP contribution in [0.25, 0.3) is 17.1 Å². The van der Waals surface area contributed by atoms with Gasteiger partial charge in [-0.25, -0.2) is 10.1 Å². The van der Waals surface area contributed by atoms with E-state index >= 15 is 0 Å². The first-order valence-electron chi connectivity index (χ1n) is 9.13. The minimum atomic E-state index is -0.663. The Morgan fingerprint density at radius 2 is 2.03 bits per heavy atom. The van der Waals surface area contributed by atoms with Gasteiger partial charge in [0.1, 0.15) is 5.69 Å². The summed E-state index contributed by atoms with van der Waals surface area (Å²) in [6.07, 6.45) is 1.28. The molecule has 0 radical (unpaired) electrons. The van der Waals surface area contributed by atoms with Crippen molar-refractivity contribution in [1.29, 1.82) is 0 Å². The van der Waals surface area contributed by atoms with Gasteiger partial charge in [-0.1, -0.05) is 47.2 Å². The Labute approximate surface area is 179 Å². The smallest absolute Gasteiger partial charge is 0.294 e. The molecule has 0 aliphatic carbocycles. The fourth-order valence-corrected chi connectivity index (χ4v) is 2.83. The minimum absolute atomic E-state index is 0.0288. The molecule has 4 aromatic rings. The molecule has 1 amide bonds. The lowest BCUT2D eigenvalue weighted by Crippen LogP contribution is -2.19. The van der Waals surface area contributed by atoms with Crippen molar-refractivity contribution in [3.8, 4) is 17.1 Å². The van der Waals surface area contributed by atoms with Gasteiger partial charge in [-0.05, 0) is 17.2 Å². The lowest BCUT2D eigenvalue weighted by Gasteiger charge is -2.06. The molecule has 0 unspecified atom stereocenters. The maximum Gasteiger partial charge on any atom is 0.294 e. The Bertz CT molecular complexity index is 1320. The summed E-state index contributed by atoms with van der Waals surface area (Å²) < 4.78 is 5.88. The van der Waals surface area contributed by atoms with Crippen molar-refractivity contribution in [1.82, 2.24) is 30.7 Å². The molecule has 0 saturated carbocycles. The number of nitro groups is 1. The van der Waals surface area contributed by atoms with Crippen molar-refractivity contribution in [3.63, 3.8) is 0 Å². The van der Waals surface area contributed by atoms with Crippen LogP contribution in [0.15, 0.2) is 58.3 Å². The molecular weight excluding hydrogens is 418 g/mol. The number of nitrogens with zero attached hydrogens (tertiary/aromatic N) is 7. The molecule has 0 bridgehead atoms. The SMILES string of the molecule is Cc1ccc(-c2c(C(=O)NN=Cc3cccc([N+](=O)[O-])c3)nnn2-c2nonc2N)cc1. The van der Waals surface area contributed by atoms with Gasteiger partial charge in [0, 0.05) is 23.3 Å². The number of non-ortho nitro benzene ring substituents is 1. The average Bonchev–Trinajstić information content (AvgIpc) is 3.40. The third-order valence-electron chi connectivity index (χ3n) is 4.37. The van der Waals surface area contributed by atoms with Crippen LogP contribution < -0.4 is 11.2 Å². The van der Waals surface area contributed by atoms with Gasteiger partial charge in [0.2, 0.25) is 11.6 Å². The van der Waals surface area contributed by atoms with Crippen molar-refractivity contribution < 1.29 is 14.3 Å². The van der Waals surface area contributed by atoms with Crippen LogP contribution in [-0.4, -0.2) is 42.4 Å². The molecule has 0 saturated heterocycles. The number of carbonyl (C=O) groups is 1. The number of hydrogen-bond donors (Lipinski definition) is 2. The Hall–Kier alpha value is -4.94. The van der Waals surface area contributed by atoms with E-state index < -0.39 is 10.8 Å². The minimum Gasteiger partial charge on any atom is -0.378 e. The fraction of sp³-hybridized carbons (Fsp3) is 0.0526. The van der Waals surface area contributed by atoms with E-state index in [1.165, 1.54) is 29.1 Å². The Balaban J connectivity index is 1.66. The third-order valence-corrected chi connectivity index (χ3v) is 4.37. The van der Waals surface area contributed by atoms with Crippen molar-refractivity contribution >= 4 is 23.6 Å². The van der Waals surface area contributed by atoms with Crippen LogP contribution in [0.2, 0.25) is 0 Å². The van der Waals surface area contributed by atoms with Gasteiger partial charge in [-0.2, -0.15) is 9.78 Å². The van der Waals surface area contributed by atoms with Gasteiger partial charge in [0.25, 0.3) is 11.6 Å². The number of carbonyl (C=O) groups excluding carboxylic acids is 1. The summed E-state index contributed by atoms with van der Waals surface area (Å²) in [5.74, 6) is -0.616. The van der Waals surface area contributed by atoms with Gasteiger partial charge in [-0.3, -0.25) is 14.9 Å². The highest BCUT2D eigenvalue weighted by Crippen LogP contribution is 2.26. The van der Waals surface area contributed by atoms with Crippen LogP contribution >= 0.6 is 0 Å². The topological polar surface area (TPSA) is 180 Å². The van der Waals surface area contributed by atoms with E-state index in [0.29, 0.717) is 16.8 Å². The van der Waals surface area contributed by atoms with E-state index in [-0.39, 0.29) is 23.0 Å². The average molecular weight is 433 g/mol. The molecule has 4 rings (SSSR count). The summed E-state index contributed by atoms with van der Waals surface area (Å²) in [4.78, 5) is 23.2. The normalized spacial score (nSPS) is 11.0. The zero-order chi connectivity index (χ0) is 22.7. The number of benzene rings is 2. The van der Waals surface area contributed by atoms with E-state index in [4.69, 9.17) is 5.73 Å². The van der Waals surface area contributed by atoms with E-state index in [1.54, 1.807) is 18.2 Å². The van der Waals surface area contributed by atoms with Gasteiger partial charge < -0.3 is 5.73 Å². The quantitative estimate of drug-likeness (QED) is 0.261. The Morgan fingerprint density at radius 1 is 1.25 bits per heavy atom. The predicted molar refractivity (Wildman–Crippen MR) is 112 cm³/mol. The summed E-state index contributed by atoms with van der Waals surface area (Å²) in [6.45, 7) is 1.93. The highest BCUT2D eigenvalue weighted by Gasteiger charge is 2.25. The van der Waals surface area contributed by atoms with Crippen LogP contribution in [0.3, 0.4) is 0 Å². The number of hydrogen-bond acceptors (Lipinski definition) is 10. The summed E-state index contributed by atoms with van der Waals surface area (Å²) in [5, 5.41) is 29.9. The molecular formula is C19H15N9O4. The van der Waals surface area contributed by atoms with Gasteiger partial charge >= 0.3 is 0 Å². The molecule has 2 aromatic heterocycles. The lowest BCUT2D eigenvalue weighted by atomic mass is 10.1. The van der Waals surface area contributed by atoms with Crippen LogP contribution in [-0.2, 0) is 0 Å². The summed E-state index contributed by atoms with van der Waals surface area (Å²) in [5.41, 5.74) is 10.4. The molecule has 0 fully saturated rings. The van der Waals surface area contributed by atoms with E-state index in [9.17, 15) is 14.9 Å². The highest BCUT2D eigenvalue weighted by atomic mass is 16.6. The second-order valence-corrected chi connectivity index (χ2v) is 6.59. The molecule has 160 valence electrons. The van der Waals surface area contributed by atoms with Crippen LogP contribution in [0.5, 0.6) is 0 Å². The van der Waals surface area contributed by atoms with Crippen molar-refractivity contribution in [2.75, 3.05) is 5.73 Å². The van der Waals surface area contributed by atoms with Crippen LogP contribution in [0.4, 0.5) is 11.5 Å². The number of nitro benzene ring substituents is 1. The molecule has 13 nitrogen and oxygen atoms in total. The molecule has 32 heavy (non-hydrogen) atoms. The lowest BCUT2D eigenvalue weighted by molar-refractivity contribution is -0.384. The summed E-state index contributed by atoms with van der Waals surface area (Å²) in [6, 6.07) is 13.1. The van der Waals surface area contributed by atoms with E-state index in [0.717, 1.165) is 5.56 Å². The number of nitrogens with two attached hydrogens (primary N) is 1. The number of aromatic nitrogens is 5. The number of hydrazone groups is 1. The monoisotopic (exact) mass is 433 g/mol. The maximum atomic E-state index is 12.8. The molecule has 0 spiro atoms. The Morgan fingerprint density at radius 3 is 2.72 bits per heavy atom. The molecule has 0 aliphatic rings. The molecule has 2 heterocycles. The predicted octanol–water partition coefficient (Wildman–Crippen LogP) is 1.88. The number of nitrogen functional groups attached to an aromatic ring is 1. The second-order valence-electron chi connectivity index (χ2n) is 6.59. The van der Waals surface area contributed by atoms with Crippen molar-refractivity contribution in [2.45, 2.75) is 6.92 Å². The highest BCUT2D eigenvalue weighted by molar-refractivity contribution is 5.98. The number of nitrogens with one attached hydrogen (secondary N) is 1. The van der Waals surface area contributed by atoms with Gasteiger partial charge in [0.15, 0.2) is 5.69 Å². The van der Waals surface area contributed by atoms with Gasteiger partial charge in [-0.15, -0.1) is 5.10 Å². The number of rotatable bonds is 6. The van der Waals surface area contributed by atoms with E-state index in [2.05, 4.69) is 35.8 Å². The van der Waals surface area contributed by atoms with E-state index in [1.807, 2.05) is 19.1 Å². The largest absolute Gasteiger partial charge is 0.378 e. The first kappa shape index (κ1) is 20.3. The zero-order valence-electron chi connectivity index (χ0n) is 16.5.